The topological polar surface area (TPSA) is 67.9 Å². The van der Waals surface area contributed by atoms with E-state index in [1.807, 2.05) is 39.0 Å². The molecule has 0 saturated heterocycles. The molecular weight excluding hydrogens is 356 g/mol. The maximum atomic E-state index is 12.3. The van der Waals surface area contributed by atoms with Gasteiger partial charge in [-0.25, -0.2) is 0 Å². The number of nitrogens with zero attached hydrogens (tertiary/aromatic N) is 1. The molecule has 0 aromatic heterocycles. The van der Waals surface area contributed by atoms with Crippen LogP contribution in [0.4, 0.5) is 5.69 Å². The first-order chi connectivity index (χ1) is 13.4. The fourth-order valence-electron chi connectivity index (χ4n) is 2.60. The molecule has 28 heavy (non-hydrogen) atoms. The summed E-state index contributed by atoms with van der Waals surface area (Å²) >= 11 is 0. The van der Waals surface area contributed by atoms with Crippen molar-refractivity contribution in [3.8, 4) is 11.5 Å². The molecule has 0 bridgehead atoms. The first kappa shape index (κ1) is 21.3. The van der Waals surface area contributed by atoms with Crippen LogP contribution in [0.2, 0.25) is 0 Å². The molecule has 6 nitrogen and oxygen atoms in total. The van der Waals surface area contributed by atoms with Gasteiger partial charge >= 0.3 is 0 Å². The smallest absolute Gasteiger partial charge is 0.260 e. The van der Waals surface area contributed by atoms with Crippen molar-refractivity contribution < 1.29 is 19.1 Å². The molecular formula is C22H28N2O4. The summed E-state index contributed by atoms with van der Waals surface area (Å²) < 4.78 is 11.0. The molecule has 2 aromatic rings. The van der Waals surface area contributed by atoms with Gasteiger partial charge in [-0.2, -0.15) is 0 Å². The third-order valence-electron chi connectivity index (χ3n) is 4.21. The fourth-order valence-corrected chi connectivity index (χ4v) is 2.60. The van der Waals surface area contributed by atoms with E-state index >= 15 is 0 Å². The van der Waals surface area contributed by atoms with Gasteiger partial charge in [-0.05, 0) is 55.7 Å². The number of hydrogen-bond acceptors (Lipinski definition) is 4. The number of ether oxygens (including phenoxy) is 2. The molecule has 0 saturated carbocycles. The lowest BCUT2D eigenvalue weighted by molar-refractivity contribution is -0.135. The van der Waals surface area contributed by atoms with E-state index in [9.17, 15) is 9.59 Å². The van der Waals surface area contributed by atoms with E-state index in [4.69, 9.17) is 9.47 Å². The Bertz CT molecular complexity index is 782. The number of carbonyl (C=O) groups excluding carboxylic acids is 2. The van der Waals surface area contributed by atoms with Crippen LogP contribution in [0, 0.1) is 13.8 Å². The third-order valence-corrected chi connectivity index (χ3v) is 4.21. The van der Waals surface area contributed by atoms with E-state index in [-0.39, 0.29) is 25.0 Å². The van der Waals surface area contributed by atoms with Crippen molar-refractivity contribution in [2.75, 3.05) is 32.1 Å². The van der Waals surface area contributed by atoms with Gasteiger partial charge in [0.05, 0.1) is 13.2 Å². The summed E-state index contributed by atoms with van der Waals surface area (Å²) in [5.41, 5.74) is 2.75. The Balaban J connectivity index is 1.81. The normalized spacial score (nSPS) is 10.3. The number of nitrogens with one attached hydrogen (secondary N) is 1. The van der Waals surface area contributed by atoms with Crippen molar-refractivity contribution in [3.05, 3.63) is 53.6 Å². The Kier molecular flexibility index (Phi) is 7.87. The quantitative estimate of drug-likeness (QED) is 0.718. The van der Waals surface area contributed by atoms with E-state index in [1.54, 1.807) is 31.3 Å². The summed E-state index contributed by atoms with van der Waals surface area (Å²) in [7, 11) is 1.58. The van der Waals surface area contributed by atoms with Gasteiger partial charge in [-0.3, -0.25) is 9.59 Å². The Hall–Kier alpha value is -3.02. The molecule has 0 fully saturated rings. The van der Waals surface area contributed by atoms with Gasteiger partial charge in [-0.15, -0.1) is 0 Å². The van der Waals surface area contributed by atoms with E-state index in [1.165, 1.54) is 4.90 Å². The van der Waals surface area contributed by atoms with Crippen LogP contribution in [0.15, 0.2) is 42.5 Å². The minimum atomic E-state index is -0.275. The lowest BCUT2D eigenvalue weighted by Crippen LogP contribution is -2.37. The lowest BCUT2D eigenvalue weighted by atomic mass is 10.1. The second-order valence-electron chi connectivity index (χ2n) is 6.67. The molecule has 0 radical (unpaired) electrons. The highest BCUT2D eigenvalue weighted by Gasteiger charge is 2.15. The van der Waals surface area contributed by atoms with E-state index in [0.717, 1.165) is 29.0 Å². The van der Waals surface area contributed by atoms with Gasteiger partial charge in [0.2, 0.25) is 5.91 Å². The highest BCUT2D eigenvalue weighted by Crippen LogP contribution is 2.19. The summed E-state index contributed by atoms with van der Waals surface area (Å²) in [6, 6.07) is 12.9. The number of likely N-dealkylation sites (N-methyl/N-ethyl adjacent to an activating group) is 1. The number of para-hydroxylation sites is 1. The van der Waals surface area contributed by atoms with Crippen LogP contribution >= 0.6 is 0 Å². The van der Waals surface area contributed by atoms with Crippen molar-refractivity contribution >= 4 is 17.5 Å². The molecule has 0 unspecified atom stereocenters. The van der Waals surface area contributed by atoms with Crippen LogP contribution < -0.4 is 14.8 Å². The minimum absolute atomic E-state index is 0.0419. The molecule has 0 aliphatic rings. The Morgan fingerprint density at radius 2 is 1.54 bits per heavy atom. The minimum Gasteiger partial charge on any atom is -0.494 e. The maximum Gasteiger partial charge on any atom is 0.260 e. The molecule has 2 amide bonds. The lowest BCUT2D eigenvalue weighted by Gasteiger charge is -2.18. The van der Waals surface area contributed by atoms with Crippen molar-refractivity contribution in [3.63, 3.8) is 0 Å². The summed E-state index contributed by atoms with van der Waals surface area (Å²) in [6.07, 6.45) is 0.941. The number of amides is 2. The number of carbonyl (C=O) groups is 2. The zero-order valence-electron chi connectivity index (χ0n) is 17.0. The second kappa shape index (κ2) is 10.3. The third kappa shape index (κ3) is 6.30. The van der Waals surface area contributed by atoms with E-state index in [2.05, 4.69) is 5.32 Å². The molecule has 0 spiro atoms. The second-order valence-corrected chi connectivity index (χ2v) is 6.67. The van der Waals surface area contributed by atoms with Crippen molar-refractivity contribution in [2.24, 2.45) is 0 Å². The Morgan fingerprint density at radius 3 is 2.11 bits per heavy atom. The SMILES string of the molecule is CCCOc1ccc(OCC(=O)N(C)CC(=O)Nc2c(C)cccc2C)cc1. The molecule has 2 aromatic carbocycles. The number of aryl methyl sites for hydroxylation is 2. The van der Waals surface area contributed by atoms with Gasteiger partial charge in [-0.1, -0.05) is 25.1 Å². The highest BCUT2D eigenvalue weighted by atomic mass is 16.5. The zero-order valence-corrected chi connectivity index (χ0v) is 17.0. The van der Waals surface area contributed by atoms with Crippen LogP contribution in [0.3, 0.4) is 0 Å². The van der Waals surface area contributed by atoms with E-state index < -0.39 is 0 Å². The molecule has 0 aliphatic heterocycles. The standard InChI is InChI=1S/C22H28N2O4/c1-5-13-27-18-9-11-19(12-10-18)28-15-21(26)24(4)14-20(25)23-22-16(2)7-6-8-17(22)3/h6-12H,5,13-15H2,1-4H3,(H,23,25). The summed E-state index contributed by atoms with van der Waals surface area (Å²) in [6.45, 7) is 6.39. The van der Waals surface area contributed by atoms with Gasteiger partial charge in [0.15, 0.2) is 6.61 Å². The number of anilines is 1. The predicted molar refractivity (Wildman–Crippen MR) is 110 cm³/mol. The maximum absolute atomic E-state index is 12.3. The van der Waals surface area contributed by atoms with Crippen molar-refractivity contribution in [1.82, 2.24) is 4.90 Å². The summed E-state index contributed by atoms with van der Waals surface area (Å²) in [5.74, 6) is 0.819. The van der Waals surface area contributed by atoms with Gasteiger partial charge in [0.25, 0.3) is 5.91 Å². The van der Waals surface area contributed by atoms with Crippen LogP contribution in [0.1, 0.15) is 24.5 Å². The number of rotatable bonds is 9. The average molecular weight is 384 g/mol. The van der Waals surface area contributed by atoms with Gasteiger partial charge in [0, 0.05) is 12.7 Å². The molecule has 1 N–H and O–H groups in total. The van der Waals surface area contributed by atoms with Crippen LogP contribution in [-0.2, 0) is 9.59 Å². The Labute approximate surface area is 166 Å². The predicted octanol–water partition coefficient (Wildman–Crippen LogP) is 3.57. The van der Waals surface area contributed by atoms with Crippen molar-refractivity contribution in [2.45, 2.75) is 27.2 Å². The van der Waals surface area contributed by atoms with E-state index in [0.29, 0.717) is 12.4 Å². The van der Waals surface area contributed by atoms with Crippen LogP contribution in [-0.4, -0.2) is 43.5 Å². The van der Waals surface area contributed by atoms with Gasteiger partial charge < -0.3 is 19.7 Å². The summed E-state index contributed by atoms with van der Waals surface area (Å²) in [5, 5.41) is 2.87. The van der Waals surface area contributed by atoms with Crippen LogP contribution in [0.25, 0.3) is 0 Å². The largest absolute Gasteiger partial charge is 0.494 e. The molecule has 150 valence electrons. The number of benzene rings is 2. The molecule has 2 rings (SSSR count). The first-order valence-corrected chi connectivity index (χ1v) is 9.36. The average Bonchev–Trinajstić information content (AvgIpc) is 2.68. The fraction of sp³-hybridized carbons (Fsp3) is 0.364. The zero-order chi connectivity index (χ0) is 20.5. The summed E-state index contributed by atoms with van der Waals surface area (Å²) in [4.78, 5) is 25.9. The highest BCUT2D eigenvalue weighted by molar-refractivity contribution is 5.95. The van der Waals surface area contributed by atoms with Crippen LogP contribution in [0.5, 0.6) is 11.5 Å². The molecule has 0 atom stereocenters. The first-order valence-electron chi connectivity index (χ1n) is 9.36. The van der Waals surface area contributed by atoms with Crippen molar-refractivity contribution in [1.29, 1.82) is 0 Å². The number of hydrogen-bond donors (Lipinski definition) is 1. The monoisotopic (exact) mass is 384 g/mol. The molecule has 0 aliphatic carbocycles. The molecule has 0 heterocycles. The Morgan fingerprint density at radius 1 is 0.964 bits per heavy atom. The van der Waals surface area contributed by atoms with Gasteiger partial charge in [0.1, 0.15) is 11.5 Å². The molecule has 6 heteroatoms.